The van der Waals surface area contributed by atoms with Crippen LogP contribution in [0.1, 0.15) is 0 Å². The number of halogens is 1. The highest BCUT2D eigenvalue weighted by molar-refractivity contribution is 5.59. The first-order chi connectivity index (χ1) is 9.22. The summed E-state index contributed by atoms with van der Waals surface area (Å²) in [5.74, 6) is 0.315. The van der Waals surface area contributed by atoms with Crippen LogP contribution in [0.5, 0.6) is 0 Å². The van der Waals surface area contributed by atoms with Crippen LogP contribution in [-0.4, -0.2) is 10.2 Å². The van der Waals surface area contributed by atoms with E-state index >= 15 is 0 Å². The molecule has 0 bridgehead atoms. The van der Waals surface area contributed by atoms with Crippen LogP contribution in [0, 0.1) is 5.82 Å². The van der Waals surface area contributed by atoms with Gasteiger partial charge in [-0.1, -0.05) is 6.07 Å². The van der Waals surface area contributed by atoms with Crippen molar-refractivity contribution >= 4 is 5.69 Å². The van der Waals surface area contributed by atoms with Gasteiger partial charge in [0, 0.05) is 16.8 Å². The molecule has 2 aromatic carbocycles. The number of benzene rings is 2. The second-order valence-electron chi connectivity index (χ2n) is 4.04. The van der Waals surface area contributed by atoms with E-state index in [-0.39, 0.29) is 11.7 Å². The van der Waals surface area contributed by atoms with Crippen molar-refractivity contribution in [2.75, 3.05) is 5.73 Å². The highest BCUT2D eigenvalue weighted by Crippen LogP contribution is 2.24. The number of nitrogen functional groups attached to an aromatic ring is 1. The molecule has 0 fully saturated rings. The molecule has 19 heavy (non-hydrogen) atoms. The van der Waals surface area contributed by atoms with Gasteiger partial charge in [-0.3, -0.25) is 0 Å². The van der Waals surface area contributed by atoms with E-state index in [4.69, 9.17) is 10.2 Å². The monoisotopic (exact) mass is 255 g/mol. The molecule has 94 valence electrons. The summed E-state index contributed by atoms with van der Waals surface area (Å²) in [5.41, 5.74) is 7.59. The third-order valence-corrected chi connectivity index (χ3v) is 2.65. The molecule has 3 aromatic rings. The standard InChI is InChI=1S/C14H10FN3O/c15-11-3-1-2-10(8-11)14-18-17-13(19-14)9-4-6-12(16)7-5-9/h1-8H,16H2. The Kier molecular flexibility index (Phi) is 2.72. The fourth-order valence-corrected chi connectivity index (χ4v) is 1.70. The molecular weight excluding hydrogens is 245 g/mol. The molecule has 0 aliphatic rings. The van der Waals surface area contributed by atoms with Gasteiger partial charge in [0.25, 0.3) is 0 Å². The third-order valence-electron chi connectivity index (χ3n) is 2.65. The predicted octanol–water partition coefficient (Wildman–Crippen LogP) is 3.12. The zero-order chi connectivity index (χ0) is 13.2. The highest BCUT2D eigenvalue weighted by Gasteiger charge is 2.10. The molecule has 3 rings (SSSR count). The van der Waals surface area contributed by atoms with Crippen molar-refractivity contribution in [2.45, 2.75) is 0 Å². The average molecular weight is 255 g/mol. The Hall–Kier alpha value is -2.69. The summed E-state index contributed by atoms with van der Waals surface area (Å²) < 4.78 is 18.6. The molecule has 0 spiro atoms. The van der Waals surface area contributed by atoms with Crippen LogP contribution in [0.25, 0.3) is 22.9 Å². The fraction of sp³-hybridized carbons (Fsp3) is 0. The van der Waals surface area contributed by atoms with Gasteiger partial charge in [-0.05, 0) is 42.5 Å². The summed E-state index contributed by atoms with van der Waals surface area (Å²) in [6.07, 6.45) is 0. The van der Waals surface area contributed by atoms with Crippen molar-refractivity contribution in [1.29, 1.82) is 0 Å². The van der Waals surface area contributed by atoms with Crippen LogP contribution in [0.4, 0.5) is 10.1 Å². The zero-order valence-electron chi connectivity index (χ0n) is 9.88. The maximum Gasteiger partial charge on any atom is 0.248 e. The first-order valence-electron chi connectivity index (χ1n) is 5.68. The molecule has 0 atom stereocenters. The Morgan fingerprint density at radius 3 is 2.26 bits per heavy atom. The summed E-state index contributed by atoms with van der Waals surface area (Å²) in [4.78, 5) is 0. The van der Waals surface area contributed by atoms with E-state index in [1.165, 1.54) is 12.1 Å². The second-order valence-corrected chi connectivity index (χ2v) is 4.04. The van der Waals surface area contributed by atoms with E-state index in [0.717, 1.165) is 5.56 Å². The third kappa shape index (κ3) is 2.30. The molecule has 0 aliphatic carbocycles. The topological polar surface area (TPSA) is 64.9 Å². The van der Waals surface area contributed by atoms with Crippen molar-refractivity contribution in [3.63, 3.8) is 0 Å². The Labute approximate surface area is 108 Å². The maximum absolute atomic E-state index is 13.1. The van der Waals surface area contributed by atoms with Crippen LogP contribution in [0.15, 0.2) is 52.9 Å². The lowest BCUT2D eigenvalue weighted by molar-refractivity contribution is 0.582. The van der Waals surface area contributed by atoms with E-state index in [2.05, 4.69) is 10.2 Å². The van der Waals surface area contributed by atoms with E-state index in [9.17, 15) is 4.39 Å². The van der Waals surface area contributed by atoms with Crippen LogP contribution in [-0.2, 0) is 0 Å². The van der Waals surface area contributed by atoms with E-state index < -0.39 is 0 Å². The molecule has 1 heterocycles. The largest absolute Gasteiger partial charge is 0.416 e. The predicted molar refractivity (Wildman–Crippen MR) is 69.5 cm³/mol. The van der Waals surface area contributed by atoms with Gasteiger partial charge in [0.15, 0.2) is 0 Å². The Bertz CT molecular complexity index is 707. The highest BCUT2D eigenvalue weighted by atomic mass is 19.1. The maximum atomic E-state index is 13.1. The molecule has 4 nitrogen and oxygen atoms in total. The van der Waals surface area contributed by atoms with Gasteiger partial charge in [0.2, 0.25) is 11.8 Å². The van der Waals surface area contributed by atoms with Crippen molar-refractivity contribution < 1.29 is 8.81 Å². The lowest BCUT2D eigenvalue weighted by atomic mass is 10.2. The first-order valence-corrected chi connectivity index (χ1v) is 5.68. The summed E-state index contributed by atoms with van der Waals surface area (Å²) in [6.45, 7) is 0. The molecule has 2 N–H and O–H groups in total. The van der Waals surface area contributed by atoms with Gasteiger partial charge in [0.05, 0.1) is 0 Å². The lowest BCUT2D eigenvalue weighted by Gasteiger charge is -1.96. The Morgan fingerprint density at radius 1 is 0.895 bits per heavy atom. The molecule has 0 saturated carbocycles. The van der Waals surface area contributed by atoms with E-state index in [1.54, 1.807) is 36.4 Å². The summed E-state index contributed by atoms with van der Waals surface area (Å²) >= 11 is 0. The van der Waals surface area contributed by atoms with Crippen LogP contribution >= 0.6 is 0 Å². The van der Waals surface area contributed by atoms with E-state index in [1.807, 2.05) is 0 Å². The van der Waals surface area contributed by atoms with E-state index in [0.29, 0.717) is 17.1 Å². The normalized spacial score (nSPS) is 10.6. The van der Waals surface area contributed by atoms with Gasteiger partial charge < -0.3 is 10.2 Å². The quantitative estimate of drug-likeness (QED) is 0.714. The Morgan fingerprint density at radius 2 is 1.58 bits per heavy atom. The second kappa shape index (κ2) is 4.53. The number of nitrogens with zero attached hydrogens (tertiary/aromatic N) is 2. The number of aromatic nitrogens is 2. The first kappa shape index (κ1) is 11.4. The molecule has 0 radical (unpaired) electrons. The minimum absolute atomic E-state index is 0.284. The summed E-state index contributed by atoms with van der Waals surface area (Å²) in [5, 5.41) is 7.85. The summed E-state index contributed by atoms with van der Waals surface area (Å²) in [6, 6.07) is 13.1. The molecule has 0 saturated heterocycles. The molecular formula is C14H10FN3O. The van der Waals surface area contributed by atoms with Gasteiger partial charge in [-0.15, -0.1) is 10.2 Å². The molecule has 0 unspecified atom stereocenters. The number of hydrogen-bond acceptors (Lipinski definition) is 4. The van der Waals surface area contributed by atoms with Crippen LogP contribution in [0.3, 0.4) is 0 Å². The van der Waals surface area contributed by atoms with Crippen molar-refractivity contribution in [3.05, 3.63) is 54.3 Å². The lowest BCUT2D eigenvalue weighted by Crippen LogP contribution is -1.83. The van der Waals surface area contributed by atoms with Crippen molar-refractivity contribution in [3.8, 4) is 22.9 Å². The molecule has 0 amide bonds. The van der Waals surface area contributed by atoms with Crippen molar-refractivity contribution in [1.82, 2.24) is 10.2 Å². The van der Waals surface area contributed by atoms with Gasteiger partial charge in [0.1, 0.15) is 5.82 Å². The SMILES string of the molecule is Nc1ccc(-c2nnc(-c3cccc(F)c3)o2)cc1. The number of hydrogen-bond donors (Lipinski definition) is 1. The minimum atomic E-state index is -0.343. The number of rotatable bonds is 2. The fourth-order valence-electron chi connectivity index (χ4n) is 1.70. The van der Waals surface area contributed by atoms with Gasteiger partial charge in [-0.2, -0.15) is 0 Å². The van der Waals surface area contributed by atoms with Gasteiger partial charge in [-0.25, -0.2) is 4.39 Å². The molecule has 5 heteroatoms. The van der Waals surface area contributed by atoms with Crippen LogP contribution in [0.2, 0.25) is 0 Å². The zero-order valence-corrected chi connectivity index (χ0v) is 9.88. The number of nitrogens with two attached hydrogens (primary N) is 1. The number of anilines is 1. The smallest absolute Gasteiger partial charge is 0.248 e. The Balaban J connectivity index is 1.97. The molecule has 0 aliphatic heterocycles. The minimum Gasteiger partial charge on any atom is -0.416 e. The van der Waals surface area contributed by atoms with Crippen molar-refractivity contribution in [2.24, 2.45) is 0 Å². The van der Waals surface area contributed by atoms with Gasteiger partial charge >= 0.3 is 0 Å². The molecule has 1 aromatic heterocycles. The van der Waals surface area contributed by atoms with Crippen LogP contribution < -0.4 is 5.73 Å². The summed E-state index contributed by atoms with van der Waals surface area (Å²) in [7, 11) is 0. The average Bonchev–Trinajstić information content (AvgIpc) is 2.89.